The van der Waals surface area contributed by atoms with Crippen LogP contribution in [0.2, 0.25) is 0 Å². The third-order valence-electron chi connectivity index (χ3n) is 4.07. The number of benzene rings is 2. The first-order valence-corrected chi connectivity index (χ1v) is 7.94. The maximum absolute atomic E-state index is 12.3. The second-order valence-electron chi connectivity index (χ2n) is 5.72. The number of H-pyrrole nitrogens is 1. The SMILES string of the molecule is COc1ccc2[nH]c(O)c(N=NC(=O)c3cc4ccccc4oc3=O)c2c1. The van der Waals surface area contributed by atoms with Crippen molar-refractivity contribution >= 4 is 33.5 Å². The Morgan fingerprint density at radius 1 is 1.19 bits per heavy atom. The van der Waals surface area contributed by atoms with E-state index in [-0.39, 0.29) is 17.1 Å². The number of nitrogens with one attached hydrogen (secondary N) is 1. The van der Waals surface area contributed by atoms with E-state index in [2.05, 4.69) is 15.2 Å². The molecule has 2 aromatic carbocycles. The molecule has 0 aliphatic heterocycles. The molecule has 0 unspecified atom stereocenters. The highest BCUT2D eigenvalue weighted by atomic mass is 16.5. The second kappa shape index (κ2) is 6.41. The van der Waals surface area contributed by atoms with E-state index < -0.39 is 11.5 Å². The Morgan fingerprint density at radius 2 is 2.00 bits per heavy atom. The topological polar surface area (TPSA) is 117 Å². The number of hydrogen-bond acceptors (Lipinski definition) is 6. The van der Waals surface area contributed by atoms with Crippen molar-refractivity contribution in [1.82, 2.24) is 4.98 Å². The summed E-state index contributed by atoms with van der Waals surface area (Å²) in [5.41, 5.74) is -0.00321. The van der Waals surface area contributed by atoms with E-state index in [0.29, 0.717) is 27.6 Å². The van der Waals surface area contributed by atoms with E-state index >= 15 is 0 Å². The number of amides is 1. The average Bonchev–Trinajstić information content (AvgIpc) is 2.99. The molecule has 0 saturated heterocycles. The van der Waals surface area contributed by atoms with Crippen molar-refractivity contribution in [3.63, 3.8) is 0 Å². The lowest BCUT2D eigenvalue weighted by Gasteiger charge is -1.99. The van der Waals surface area contributed by atoms with Gasteiger partial charge in [-0.25, -0.2) is 4.79 Å². The molecule has 4 rings (SSSR count). The van der Waals surface area contributed by atoms with E-state index in [0.717, 1.165) is 0 Å². The molecule has 2 N–H and O–H groups in total. The first-order valence-electron chi connectivity index (χ1n) is 7.94. The number of carbonyl (C=O) groups is 1. The molecule has 2 aromatic heterocycles. The minimum absolute atomic E-state index is 0.0717. The minimum Gasteiger partial charge on any atom is -0.497 e. The maximum Gasteiger partial charge on any atom is 0.349 e. The van der Waals surface area contributed by atoms with Gasteiger partial charge >= 0.3 is 11.5 Å². The molecule has 0 atom stereocenters. The van der Waals surface area contributed by atoms with E-state index in [1.54, 1.807) is 42.5 Å². The van der Waals surface area contributed by atoms with E-state index in [1.807, 2.05) is 0 Å². The van der Waals surface area contributed by atoms with Crippen molar-refractivity contribution < 1.29 is 19.1 Å². The molecule has 2 heterocycles. The van der Waals surface area contributed by atoms with Crippen LogP contribution in [-0.4, -0.2) is 23.1 Å². The standard InChI is InChI=1S/C19H13N3O5/c1-26-11-6-7-14-12(9-11)16(18(24)20-14)21-22-17(23)13-8-10-4-2-3-5-15(10)27-19(13)25/h2-9,20,24H,1H3. The molecular weight excluding hydrogens is 350 g/mol. The normalized spacial score (nSPS) is 11.4. The maximum atomic E-state index is 12.3. The number of hydrogen-bond donors (Lipinski definition) is 2. The van der Waals surface area contributed by atoms with Crippen LogP contribution in [0.1, 0.15) is 10.4 Å². The van der Waals surface area contributed by atoms with Gasteiger partial charge in [0.25, 0.3) is 0 Å². The van der Waals surface area contributed by atoms with Crippen LogP contribution in [0.3, 0.4) is 0 Å². The summed E-state index contributed by atoms with van der Waals surface area (Å²) in [5, 5.41) is 18.6. The van der Waals surface area contributed by atoms with Crippen LogP contribution in [0.5, 0.6) is 11.6 Å². The highest BCUT2D eigenvalue weighted by Crippen LogP contribution is 2.37. The van der Waals surface area contributed by atoms with Gasteiger partial charge in [0.1, 0.15) is 16.9 Å². The number of nitrogens with zero attached hydrogens (tertiary/aromatic N) is 2. The predicted octanol–water partition coefficient (Wildman–Crippen LogP) is 3.91. The lowest BCUT2D eigenvalue weighted by Crippen LogP contribution is -2.11. The Hall–Kier alpha value is -3.94. The van der Waals surface area contributed by atoms with Crippen molar-refractivity contribution in [2.24, 2.45) is 10.2 Å². The Balaban J connectivity index is 1.74. The highest BCUT2D eigenvalue weighted by molar-refractivity contribution is 5.98. The second-order valence-corrected chi connectivity index (χ2v) is 5.72. The molecule has 1 amide bonds. The summed E-state index contributed by atoms with van der Waals surface area (Å²) < 4.78 is 10.3. The number of aromatic nitrogens is 1. The van der Waals surface area contributed by atoms with Crippen molar-refractivity contribution in [1.29, 1.82) is 0 Å². The van der Waals surface area contributed by atoms with Crippen LogP contribution in [0.25, 0.3) is 21.9 Å². The molecule has 134 valence electrons. The smallest absolute Gasteiger partial charge is 0.349 e. The zero-order valence-electron chi connectivity index (χ0n) is 14.1. The Kier molecular flexibility index (Phi) is 3.92. The zero-order valence-corrected chi connectivity index (χ0v) is 14.1. The summed E-state index contributed by atoms with van der Waals surface area (Å²) >= 11 is 0. The van der Waals surface area contributed by atoms with Crippen molar-refractivity contribution in [3.05, 3.63) is 64.5 Å². The quantitative estimate of drug-likeness (QED) is 0.423. The monoisotopic (exact) mass is 363 g/mol. The van der Waals surface area contributed by atoms with Crippen molar-refractivity contribution in [2.45, 2.75) is 0 Å². The van der Waals surface area contributed by atoms with Crippen molar-refractivity contribution in [2.75, 3.05) is 7.11 Å². The zero-order chi connectivity index (χ0) is 19.0. The van der Waals surface area contributed by atoms with Gasteiger partial charge in [0.05, 0.1) is 12.6 Å². The van der Waals surface area contributed by atoms with Gasteiger partial charge < -0.3 is 19.2 Å². The lowest BCUT2D eigenvalue weighted by atomic mass is 10.2. The molecule has 0 radical (unpaired) electrons. The molecule has 8 heteroatoms. The number of aromatic hydroxyl groups is 1. The van der Waals surface area contributed by atoms with Crippen LogP contribution >= 0.6 is 0 Å². The first kappa shape index (κ1) is 16.5. The fourth-order valence-electron chi connectivity index (χ4n) is 2.73. The summed E-state index contributed by atoms with van der Waals surface area (Å²) in [4.78, 5) is 27.1. The van der Waals surface area contributed by atoms with E-state index in [1.165, 1.54) is 13.2 Å². The van der Waals surface area contributed by atoms with Crippen LogP contribution in [0.4, 0.5) is 5.69 Å². The van der Waals surface area contributed by atoms with Crippen molar-refractivity contribution in [3.8, 4) is 11.6 Å². The fraction of sp³-hybridized carbons (Fsp3) is 0.0526. The number of fused-ring (bicyclic) bond motifs is 2. The molecular formula is C19H13N3O5. The molecule has 0 aliphatic carbocycles. The third-order valence-corrected chi connectivity index (χ3v) is 4.07. The fourth-order valence-corrected chi connectivity index (χ4v) is 2.73. The molecule has 0 bridgehead atoms. The highest BCUT2D eigenvalue weighted by Gasteiger charge is 2.15. The van der Waals surface area contributed by atoms with Gasteiger partial charge in [0, 0.05) is 10.8 Å². The first-order chi connectivity index (χ1) is 13.1. The molecule has 0 aliphatic rings. The number of aromatic amines is 1. The van der Waals surface area contributed by atoms with E-state index in [4.69, 9.17) is 9.15 Å². The molecule has 0 saturated carbocycles. The van der Waals surface area contributed by atoms with Gasteiger partial charge in [0.2, 0.25) is 5.88 Å². The minimum atomic E-state index is -0.869. The summed E-state index contributed by atoms with van der Waals surface area (Å²) in [6.45, 7) is 0. The summed E-state index contributed by atoms with van der Waals surface area (Å²) in [6, 6.07) is 13.3. The molecule has 0 spiro atoms. The van der Waals surface area contributed by atoms with Gasteiger partial charge in [-0.05, 0) is 30.3 Å². The van der Waals surface area contributed by atoms with Gasteiger partial charge in [-0.2, -0.15) is 0 Å². The van der Waals surface area contributed by atoms with Crippen LogP contribution < -0.4 is 10.4 Å². The predicted molar refractivity (Wildman–Crippen MR) is 97.8 cm³/mol. The summed E-state index contributed by atoms with van der Waals surface area (Å²) in [7, 11) is 1.51. The van der Waals surface area contributed by atoms with Gasteiger partial charge in [0.15, 0.2) is 5.69 Å². The lowest BCUT2D eigenvalue weighted by molar-refractivity contribution is 0.0991. The van der Waals surface area contributed by atoms with Gasteiger partial charge in [-0.15, -0.1) is 10.2 Å². The molecule has 4 aromatic rings. The molecule has 27 heavy (non-hydrogen) atoms. The summed E-state index contributed by atoms with van der Waals surface area (Å²) in [6.07, 6.45) is 0. The number of rotatable bonds is 3. The van der Waals surface area contributed by atoms with Crippen LogP contribution in [-0.2, 0) is 0 Å². The van der Waals surface area contributed by atoms with E-state index in [9.17, 15) is 14.7 Å². The number of azo groups is 1. The number of carbonyl (C=O) groups excluding carboxylic acids is 1. The third kappa shape index (κ3) is 2.93. The average molecular weight is 363 g/mol. The molecule has 0 fully saturated rings. The Morgan fingerprint density at radius 3 is 2.81 bits per heavy atom. The summed E-state index contributed by atoms with van der Waals surface area (Å²) in [5.74, 6) is -0.564. The Bertz CT molecular complexity index is 1270. The molecule has 8 nitrogen and oxygen atoms in total. The number of para-hydroxylation sites is 1. The van der Waals surface area contributed by atoms with Gasteiger partial charge in [-0.1, -0.05) is 18.2 Å². The Labute approximate surface area is 151 Å². The number of ether oxygens (including phenoxy) is 1. The largest absolute Gasteiger partial charge is 0.497 e. The van der Waals surface area contributed by atoms with Gasteiger partial charge in [-0.3, -0.25) is 4.79 Å². The van der Waals surface area contributed by atoms with Crippen LogP contribution in [0, 0.1) is 0 Å². The number of methoxy groups -OCH3 is 1. The van der Waals surface area contributed by atoms with Crippen LogP contribution in [0.15, 0.2) is 68.0 Å².